The van der Waals surface area contributed by atoms with Crippen molar-refractivity contribution in [2.75, 3.05) is 6.61 Å². The third-order valence-corrected chi connectivity index (χ3v) is 2.07. The number of rotatable bonds is 4. The normalized spacial score (nSPS) is 8.84. The van der Waals surface area contributed by atoms with Crippen molar-refractivity contribution in [3.8, 4) is 23.6 Å². The predicted octanol–water partition coefficient (Wildman–Crippen LogP) is 2.44. The minimum Gasteiger partial charge on any atom is -0.490 e. The number of allylic oxidation sites excluding steroid dienone is 1. The molecule has 96 valence electrons. The molecule has 0 heterocycles. The van der Waals surface area contributed by atoms with E-state index in [4.69, 9.17) is 20.0 Å². The third-order valence-electron chi connectivity index (χ3n) is 2.07. The van der Waals surface area contributed by atoms with E-state index in [0.717, 1.165) is 0 Å². The summed E-state index contributed by atoms with van der Waals surface area (Å²) >= 11 is 0. The second-order valence-corrected chi connectivity index (χ2v) is 3.51. The molecule has 0 aliphatic carbocycles. The first kappa shape index (κ1) is 14.3. The van der Waals surface area contributed by atoms with Crippen LogP contribution in [0.1, 0.15) is 19.4 Å². The molecule has 0 fully saturated rings. The van der Waals surface area contributed by atoms with Crippen LogP contribution in [0.2, 0.25) is 0 Å². The Balaban J connectivity index is 3.16. The molecule has 0 aromatic heterocycles. The first-order valence-corrected chi connectivity index (χ1v) is 5.57. The number of esters is 1. The van der Waals surface area contributed by atoms with Crippen molar-refractivity contribution in [1.82, 2.24) is 0 Å². The van der Waals surface area contributed by atoms with Crippen LogP contribution < -0.4 is 9.47 Å². The molecule has 0 saturated carbocycles. The topological polar surface area (TPSA) is 83.1 Å². The highest BCUT2D eigenvalue weighted by atomic mass is 16.6. The van der Waals surface area contributed by atoms with Gasteiger partial charge in [0.15, 0.2) is 11.5 Å². The van der Waals surface area contributed by atoms with Crippen molar-refractivity contribution in [2.24, 2.45) is 0 Å². The molecule has 0 aliphatic rings. The van der Waals surface area contributed by atoms with E-state index in [0.29, 0.717) is 23.7 Å². The van der Waals surface area contributed by atoms with Gasteiger partial charge in [-0.1, -0.05) is 6.07 Å². The number of nitriles is 2. The highest BCUT2D eigenvalue weighted by Crippen LogP contribution is 2.29. The largest absolute Gasteiger partial charge is 0.490 e. The summed E-state index contributed by atoms with van der Waals surface area (Å²) in [5.41, 5.74) is 0.611. The van der Waals surface area contributed by atoms with Crippen LogP contribution in [0.5, 0.6) is 11.5 Å². The first-order chi connectivity index (χ1) is 9.10. The molecule has 19 heavy (non-hydrogen) atoms. The van der Waals surface area contributed by atoms with Gasteiger partial charge in [-0.2, -0.15) is 10.5 Å². The molecule has 5 heteroatoms. The summed E-state index contributed by atoms with van der Waals surface area (Å²) in [5.74, 6) is 0.252. The van der Waals surface area contributed by atoms with Gasteiger partial charge in [-0.3, -0.25) is 4.79 Å². The molecular formula is C14H12N2O3. The van der Waals surface area contributed by atoms with Gasteiger partial charge in [0.1, 0.15) is 17.7 Å². The minimum absolute atomic E-state index is 0.0114. The Labute approximate surface area is 111 Å². The van der Waals surface area contributed by atoms with Gasteiger partial charge in [0, 0.05) is 6.92 Å². The van der Waals surface area contributed by atoms with E-state index in [-0.39, 0.29) is 5.57 Å². The molecule has 0 atom stereocenters. The minimum atomic E-state index is -0.445. The lowest BCUT2D eigenvalue weighted by atomic mass is 10.1. The zero-order valence-electron chi connectivity index (χ0n) is 10.6. The molecule has 0 spiro atoms. The van der Waals surface area contributed by atoms with Crippen molar-refractivity contribution in [1.29, 1.82) is 10.5 Å². The molecular weight excluding hydrogens is 244 g/mol. The van der Waals surface area contributed by atoms with Crippen LogP contribution in [0.3, 0.4) is 0 Å². The van der Waals surface area contributed by atoms with Crippen LogP contribution in [0.25, 0.3) is 6.08 Å². The monoisotopic (exact) mass is 256 g/mol. The Morgan fingerprint density at radius 2 is 2.00 bits per heavy atom. The second-order valence-electron chi connectivity index (χ2n) is 3.51. The van der Waals surface area contributed by atoms with Crippen LogP contribution in [0.4, 0.5) is 0 Å². The Morgan fingerprint density at radius 1 is 1.32 bits per heavy atom. The number of nitrogens with zero attached hydrogens (tertiary/aromatic N) is 2. The highest BCUT2D eigenvalue weighted by molar-refractivity contribution is 5.71. The quantitative estimate of drug-likeness (QED) is 0.469. The predicted molar refractivity (Wildman–Crippen MR) is 68.1 cm³/mol. The lowest BCUT2D eigenvalue weighted by Gasteiger charge is -2.10. The number of carbonyl (C=O) groups is 1. The number of hydrogen-bond acceptors (Lipinski definition) is 5. The van der Waals surface area contributed by atoms with E-state index in [9.17, 15) is 4.79 Å². The fourth-order valence-corrected chi connectivity index (χ4v) is 1.38. The molecule has 0 saturated heterocycles. The van der Waals surface area contributed by atoms with Crippen molar-refractivity contribution in [3.05, 3.63) is 29.3 Å². The van der Waals surface area contributed by atoms with E-state index in [1.807, 2.05) is 0 Å². The molecule has 0 bridgehead atoms. The van der Waals surface area contributed by atoms with Crippen LogP contribution in [0, 0.1) is 22.7 Å². The fourth-order valence-electron chi connectivity index (χ4n) is 1.38. The average molecular weight is 256 g/mol. The van der Waals surface area contributed by atoms with E-state index in [1.54, 1.807) is 37.3 Å². The molecule has 0 N–H and O–H groups in total. The Kier molecular flexibility index (Phi) is 5.13. The van der Waals surface area contributed by atoms with E-state index >= 15 is 0 Å². The van der Waals surface area contributed by atoms with Crippen LogP contribution in [-0.2, 0) is 4.79 Å². The molecule has 5 nitrogen and oxygen atoms in total. The standard InChI is InChI=1S/C14H12N2O3/c1-3-18-14-7-11(6-12(8-15)9-16)4-5-13(14)19-10(2)17/h4-7H,3H2,1-2H3. The maximum atomic E-state index is 10.9. The number of hydrogen-bond donors (Lipinski definition) is 0. The number of carbonyl (C=O) groups excluding carboxylic acids is 1. The number of ether oxygens (including phenoxy) is 2. The van der Waals surface area contributed by atoms with E-state index in [2.05, 4.69) is 0 Å². The summed E-state index contributed by atoms with van der Waals surface area (Å²) in [6.45, 7) is 3.51. The average Bonchev–Trinajstić information content (AvgIpc) is 2.38. The van der Waals surface area contributed by atoms with Crippen LogP contribution in [-0.4, -0.2) is 12.6 Å². The fraction of sp³-hybridized carbons (Fsp3) is 0.214. The first-order valence-electron chi connectivity index (χ1n) is 5.57. The summed E-state index contributed by atoms with van der Waals surface area (Å²) in [7, 11) is 0. The lowest BCUT2D eigenvalue weighted by Crippen LogP contribution is -2.04. The van der Waals surface area contributed by atoms with E-state index in [1.165, 1.54) is 13.0 Å². The number of benzene rings is 1. The third kappa shape index (κ3) is 4.18. The van der Waals surface area contributed by atoms with Crippen molar-refractivity contribution >= 4 is 12.0 Å². The van der Waals surface area contributed by atoms with E-state index < -0.39 is 5.97 Å². The molecule has 0 aliphatic heterocycles. The Bertz CT molecular complexity index is 576. The van der Waals surface area contributed by atoms with Gasteiger partial charge in [-0.05, 0) is 30.7 Å². The zero-order chi connectivity index (χ0) is 14.3. The lowest BCUT2D eigenvalue weighted by molar-refractivity contribution is -0.132. The van der Waals surface area contributed by atoms with Crippen LogP contribution in [0.15, 0.2) is 23.8 Å². The molecule has 1 aromatic rings. The highest BCUT2D eigenvalue weighted by Gasteiger charge is 2.08. The van der Waals surface area contributed by atoms with Crippen molar-refractivity contribution in [2.45, 2.75) is 13.8 Å². The summed E-state index contributed by atoms with van der Waals surface area (Å²) in [4.78, 5) is 10.9. The second kappa shape index (κ2) is 6.83. The summed E-state index contributed by atoms with van der Waals surface area (Å²) < 4.78 is 10.4. The molecule has 0 radical (unpaired) electrons. The summed E-state index contributed by atoms with van der Waals surface area (Å²) in [5, 5.41) is 17.4. The SMILES string of the molecule is CCOc1cc(C=C(C#N)C#N)ccc1OC(C)=O. The van der Waals surface area contributed by atoms with Gasteiger partial charge >= 0.3 is 5.97 Å². The molecule has 0 amide bonds. The van der Waals surface area contributed by atoms with Gasteiger partial charge < -0.3 is 9.47 Å². The van der Waals surface area contributed by atoms with Crippen molar-refractivity contribution in [3.63, 3.8) is 0 Å². The van der Waals surface area contributed by atoms with Crippen molar-refractivity contribution < 1.29 is 14.3 Å². The maximum absolute atomic E-state index is 10.9. The maximum Gasteiger partial charge on any atom is 0.308 e. The molecule has 1 aromatic carbocycles. The van der Waals surface area contributed by atoms with Gasteiger partial charge in [0.05, 0.1) is 6.61 Å². The molecule has 0 unspecified atom stereocenters. The smallest absolute Gasteiger partial charge is 0.308 e. The van der Waals surface area contributed by atoms with Gasteiger partial charge in [0.25, 0.3) is 0 Å². The van der Waals surface area contributed by atoms with Gasteiger partial charge in [0.2, 0.25) is 0 Å². The molecule has 1 rings (SSSR count). The Hall–Kier alpha value is -2.79. The summed E-state index contributed by atoms with van der Waals surface area (Å²) in [6, 6.07) is 8.35. The Morgan fingerprint density at radius 3 is 2.53 bits per heavy atom. The van der Waals surface area contributed by atoms with Gasteiger partial charge in [-0.25, -0.2) is 0 Å². The zero-order valence-corrected chi connectivity index (χ0v) is 10.6. The van der Waals surface area contributed by atoms with Gasteiger partial charge in [-0.15, -0.1) is 0 Å². The summed E-state index contributed by atoms with van der Waals surface area (Å²) in [6.07, 6.45) is 1.43. The van der Waals surface area contributed by atoms with Crippen LogP contribution >= 0.6 is 0 Å².